The molecule has 0 spiro atoms. The van der Waals surface area contributed by atoms with E-state index in [1.165, 1.54) is 21.6 Å². The summed E-state index contributed by atoms with van der Waals surface area (Å²) < 4.78 is 5.52. The second-order valence-corrected chi connectivity index (χ2v) is 13.2. The van der Waals surface area contributed by atoms with E-state index >= 15 is 0 Å². The van der Waals surface area contributed by atoms with Crippen LogP contribution in [0.2, 0.25) is 0 Å². The molecule has 4 amide bonds. The summed E-state index contributed by atoms with van der Waals surface area (Å²) in [7, 11) is 2.96. The highest BCUT2D eigenvalue weighted by Crippen LogP contribution is 2.27. The molecule has 0 unspecified atom stereocenters. The smallest absolute Gasteiger partial charge is 0.309 e. The van der Waals surface area contributed by atoms with E-state index in [4.69, 9.17) is 4.74 Å². The molecule has 39 heavy (non-hydrogen) atoms. The van der Waals surface area contributed by atoms with Gasteiger partial charge in [0, 0.05) is 24.5 Å². The highest BCUT2D eigenvalue weighted by atomic mass is 33.1. The van der Waals surface area contributed by atoms with Crippen LogP contribution in [0, 0.1) is 11.8 Å². The maximum absolute atomic E-state index is 13.4. The zero-order chi connectivity index (χ0) is 28.4. The zero-order valence-electron chi connectivity index (χ0n) is 22.5. The number of esters is 1. The van der Waals surface area contributed by atoms with Gasteiger partial charge in [0.05, 0.1) is 25.0 Å². The maximum atomic E-state index is 13.4. The van der Waals surface area contributed by atoms with Gasteiger partial charge in [-0.25, -0.2) is 0 Å². The number of carbonyl (C=O) groups is 5. The lowest BCUT2D eigenvalue weighted by Gasteiger charge is -2.29. The summed E-state index contributed by atoms with van der Waals surface area (Å²) in [4.78, 5) is 64.7. The molecule has 218 valence electrons. The van der Waals surface area contributed by atoms with Gasteiger partial charge in [0.25, 0.3) is 0 Å². The Bertz CT molecular complexity index is 928. The number of allylic oxidation sites excluding steroid dienone is 1. The van der Waals surface area contributed by atoms with Gasteiger partial charge in [0.15, 0.2) is 0 Å². The second kappa shape index (κ2) is 15.5. The number of aliphatic hydroxyl groups excluding tert-OH is 1. The summed E-state index contributed by atoms with van der Waals surface area (Å²) >= 11 is 0. The fourth-order valence-electron chi connectivity index (χ4n) is 4.28. The Morgan fingerprint density at radius 2 is 1.87 bits per heavy atom. The monoisotopic (exact) mass is 584 g/mol. The quantitative estimate of drug-likeness (QED) is 0.173. The summed E-state index contributed by atoms with van der Waals surface area (Å²) in [5.41, 5.74) is 0. The van der Waals surface area contributed by atoms with Crippen LogP contribution in [0.1, 0.15) is 58.8 Å². The van der Waals surface area contributed by atoms with Crippen molar-refractivity contribution in [2.45, 2.75) is 89.1 Å². The number of aliphatic hydroxyl groups is 1. The molecule has 0 aromatic carbocycles. The van der Waals surface area contributed by atoms with E-state index in [-0.39, 0.29) is 43.3 Å². The average molecular weight is 585 g/mol. The molecule has 5 atom stereocenters. The van der Waals surface area contributed by atoms with Gasteiger partial charge in [0.2, 0.25) is 23.6 Å². The third kappa shape index (κ3) is 11.0. The van der Waals surface area contributed by atoms with Crippen molar-refractivity contribution < 1.29 is 33.8 Å². The SMILES string of the molecule is CC(C)[C@H]1NC(=O)[C@H]2CSSCC/C=C/[C@H](CC(=O)N[C@H](CCC(=O)NCC3CC3)C(=O)N2)OC(=O)C[C@@H]1O. The topological polar surface area (TPSA) is 163 Å². The molecular weight excluding hydrogens is 544 g/mol. The van der Waals surface area contributed by atoms with Crippen LogP contribution in [-0.2, 0) is 28.7 Å². The molecule has 0 radical (unpaired) electrons. The Morgan fingerprint density at radius 1 is 1.10 bits per heavy atom. The standard InChI is InChI=1S/C26H40N4O7S2/c1-15(2)24-20(31)12-23(34)37-17-5-3-4-10-38-39-14-19(26(36)30-24)29-25(35)18(28-22(33)11-17)8-9-21(32)27-13-16-6-7-16/h3,5,15-20,24,31H,4,6-14H2,1-2H3,(H,27,32)(H,28,33)(H,29,35)(H,30,36)/b5-3+/t17-,18-,19-,20+,24-/m1/s1. The fraction of sp³-hybridized carbons (Fsp3) is 0.731. The van der Waals surface area contributed by atoms with Crippen molar-refractivity contribution in [1.29, 1.82) is 0 Å². The zero-order valence-corrected chi connectivity index (χ0v) is 24.1. The van der Waals surface area contributed by atoms with E-state index in [2.05, 4.69) is 21.3 Å². The molecule has 1 saturated carbocycles. The van der Waals surface area contributed by atoms with Crippen molar-refractivity contribution in [2.75, 3.05) is 18.1 Å². The van der Waals surface area contributed by atoms with Crippen LogP contribution in [0.5, 0.6) is 0 Å². The third-order valence-corrected chi connectivity index (χ3v) is 9.20. The molecule has 0 aromatic heterocycles. The Labute approximate surface area is 237 Å². The molecule has 3 rings (SSSR count). The van der Waals surface area contributed by atoms with E-state index in [1.807, 2.05) is 19.9 Å². The molecule has 11 nitrogen and oxygen atoms in total. The van der Waals surface area contributed by atoms with E-state index in [0.717, 1.165) is 12.8 Å². The molecule has 1 saturated heterocycles. The molecule has 2 aliphatic heterocycles. The molecular formula is C26H40N4O7S2. The predicted molar refractivity (Wildman–Crippen MR) is 149 cm³/mol. The van der Waals surface area contributed by atoms with Gasteiger partial charge in [-0.15, -0.1) is 0 Å². The number of carbonyl (C=O) groups excluding carboxylic acids is 5. The largest absolute Gasteiger partial charge is 0.457 e. The van der Waals surface area contributed by atoms with Gasteiger partial charge in [-0.3, -0.25) is 24.0 Å². The predicted octanol–water partition coefficient (Wildman–Crippen LogP) is 0.811. The Hall–Kier alpha value is -2.25. The Balaban J connectivity index is 1.86. The minimum Gasteiger partial charge on any atom is -0.457 e. The summed E-state index contributed by atoms with van der Waals surface area (Å²) in [5.74, 6) is -1.29. The summed E-state index contributed by atoms with van der Waals surface area (Å²) in [6, 6.07) is -2.80. The van der Waals surface area contributed by atoms with Crippen molar-refractivity contribution in [1.82, 2.24) is 21.3 Å². The number of hydrogen-bond donors (Lipinski definition) is 5. The van der Waals surface area contributed by atoms with Crippen LogP contribution < -0.4 is 21.3 Å². The van der Waals surface area contributed by atoms with E-state index in [0.29, 0.717) is 24.6 Å². The van der Waals surface area contributed by atoms with Crippen LogP contribution in [0.3, 0.4) is 0 Å². The van der Waals surface area contributed by atoms with Crippen LogP contribution in [0.15, 0.2) is 12.2 Å². The first-order valence-electron chi connectivity index (χ1n) is 13.6. The van der Waals surface area contributed by atoms with Crippen molar-refractivity contribution in [3.63, 3.8) is 0 Å². The highest BCUT2D eigenvalue weighted by Gasteiger charge is 2.33. The molecule has 13 heteroatoms. The van der Waals surface area contributed by atoms with Crippen LogP contribution in [-0.4, -0.2) is 83.1 Å². The first-order valence-corrected chi connectivity index (χ1v) is 16.1. The van der Waals surface area contributed by atoms with E-state index < -0.39 is 54.0 Å². The first-order chi connectivity index (χ1) is 18.6. The highest BCUT2D eigenvalue weighted by molar-refractivity contribution is 8.76. The third-order valence-electron chi connectivity index (χ3n) is 6.75. The first kappa shape index (κ1) is 31.3. The van der Waals surface area contributed by atoms with Gasteiger partial charge in [-0.05, 0) is 43.6 Å². The average Bonchev–Trinajstić information content (AvgIpc) is 3.69. The van der Waals surface area contributed by atoms with Gasteiger partial charge in [-0.2, -0.15) is 0 Å². The molecule has 2 bridgehead atoms. The van der Waals surface area contributed by atoms with Gasteiger partial charge in [0.1, 0.15) is 18.2 Å². The summed E-state index contributed by atoms with van der Waals surface area (Å²) in [5, 5.41) is 21.9. The van der Waals surface area contributed by atoms with Gasteiger partial charge >= 0.3 is 5.97 Å². The van der Waals surface area contributed by atoms with Gasteiger partial charge in [-0.1, -0.05) is 41.5 Å². The van der Waals surface area contributed by atoms with E-state index in [9.17, 15) is 29.1 Å². The van der Waals surface area contributed by atoms with Crippen molar-refractivity contribution in [3.8, 4) is 0 Å². The van der Waals surface area contributed by atoms with Crippen molar-refractivity contribution in [3.05, 3.63) is 12.2 Å². The molecule has 0 aromatic rings. The Kier molecular flexibility index (Phi) is 12.4. The number of nitrogens with one attached hydrogen (secondary N) is 4. The van der Waals surface area contributed by atoms with Crippen LogP contribution in [0.25, 0.3) is 0 Å². The molecule has 5 N–H and O–H groups in total. The number of ether oxygens (including phenoxy) is 1. The maximum Gasteiger partial charge on any atom is 0.309 e. The Morgan fingerprint density at radius 3 is 2.59 bits per heavy atom. The number of rotatable bonds is 6. The van der Waals surface area contributed by atoms with Crippen LogP contribution in [0.4, 0.5) is 0 Å². The fourth-order valence-corrected chi connectivity index (χ4v) is 6.44. The molecule has 1 aliphatic carbocycles. The van der Waals surface area contributed by atoms with Gasteiger partial charge < -0.3 is 31.1 Å². The van der Waals surface area contributed by atoms with Crippen LogP contribution >= 0.6 is 21.6 Å². The molecule has 3 aliphatic rings. The molecule has 2 heterocycles. The second-order valence-electron chi connectivity index (χ2n) is 10.6. The molecule has 2 fully saturated rings. The minimum atomic E-state index is -1.22. The van der Waals surface area contributed by atoms with Crippen molar-refractivity contribution >= 4 is 51.2 Å². The lowest BCUT2D eigenvalue weighted by molar-refractivity contribution is -0.151. The van der Waals surface area contributed by atoms with Crippen molar-refractivity contribution in [2.24, 2.45) is 11.8 Å². The number of amides is 4. The van der Waals surface area contributed by atoms with E-state index in [1.54, 1.807) is 6.08 Å². The number of fused-ring (bicyclic) bond motifs is 7. The minimum absolute atomic E-state index is 0.0203. The lowest BCUT2D eigenvalue weighted by Crippen LogP contribution is -2.58. The number of hydrogen-bond acceptors (Lipinski definition) is 9. The lowest BCUT2D eigenvalue weighted by atomic mass is 9.96. The normalized spacial score (nSPS) is 30.5. The summed E-state index contributed by atoms with van der Waals surface area (Å²) in [6.07, 6.45) is 3.64. The summed E-state index contributed by atoms with van der Waals surface area (Å²) in [6.45, 7) is 4.21.